The Balaban J connectivity index is 2.40. The zero-order valence-electron chi connectivity index (χ0n) is 11.9. The van der Waals surface area contributed by atoms with E-state index in [-0.39, 0.29) is 12.2 Å². The van der Waals surface area contributed by atoms with Crippen LogP contribution in [-0.4, -0.2) is 60.0 Å². The summed E-state index contributed by atoms with van der Waals surface area (Å²) in [4.78, 5) is 2.29. The number of hydrogen-bond donors (Lipinski definition) is 2. The zero-order valence-corrected chi connectivity index (χ0v) is 11.9. The Kier molecular flexibility index (Phi) is 5.38. The van der Waals surface area contributed by atoms with Gasteiger partial charge in [-0.1, -0.05) is 13.8 Å². The third-order valence-electron chi connectivity index (χ3n) is 2.95. The minimum Gasteiger partial charge on any atom is -0.388 e. The lowest BCUT2D eigenvalue weighted by Crippen LogP contribution is -2.54. The van der Waals surface area contributed by atoms with Crippen LogP contribution in [0, 0.1) is 0 Å². The molecule has 1 fully saturated rings. The van der Waals surface area contributed by atoms with E-state index in [9.17, 15) is 5.11 Å². The van der Waals surface area contributed by atoms with E-state index in [4.69, 9.17) is 4.74 Å². The standard InChI is InChI=1S/C13H28N2O2/c1-10(2)14-8-13(5,16)9-15-6-11(3)17-12(4)7-15/h10-12,14,16H,6-9H2,1-5H3/t11-,12+,13?. The Morgan fingerprint density at radius 2 is 1.88 bits per heavy atom. The molecule has 1 aliphatic heterocycles. The first-order valence-electron chi connectivity index (χ1n) is 6.62. The number of β-amino-alcohol motifs (C(OH)–C–C–N with tert-alkyl or cyclic N) is 1. The highest BCUT2D eigenvalue weighted by Crippen LogP contribution is 2.14. The topological polar surface area (TPSA) is 44.7 Å². The molecule has 0 spiro atoms. The van der Waals surface area contributed by atoms with Crippen molar-refractivity contribution in [2.24, 2.45) is 0 Å². The average molecular weight is 244 g/mol. The molecule has 0 saturated carbocycles. The molecule has 0 bridgehead atoms. The molecule has 102 valence electrons. The number of rotatable bonds is 5. The molecule has 3 atom stereocenters. The van der Waals surface area contributed by atoms with Crippen LogP contribution < -0.4 is 5.32 Å². The molecule has 0 aliphatic carbocycles. The molecule has 0 aromatic carbocycles. The third kappa shape index (κ3) is 5.82. The molecule has 1 saturated heterocycles. The van der Waals surface area contributed by atoms with Gasteiger partial charge in [-0.15, -0.1) is 0 Å². The van der Waals surface area contributed by atoms with Gasteiger partial charge in [0, 0.05) is 32.2 Å². The molecular weight excluding hydrogens is 216 g/mol. The number of nitrogens with one attached hydrogen (secondary N) is 1. The summed E-state index contributed by atoms with van der Waals surface area (Å²) < 4.78 is 5.69. The van der Waals surface area contributed by atoms with E-state index in [0.717, 1.165) is 13.1 Å². The maximum atomic E-state index is 10.3. The molecule has 1 unspecified atom stereocenters. The Morgan fingerprint density at radius 1 is 1.35 bits per heavy atom. The Morgan fingerprint density at radius 3 is 2.35 bits per heavy atom. The van der Waals surface area contributed by atoms with Gasteiger partial charge in [0.05, 0.1) is 17.8 Å². The van der Waals surface area contributed by atoms with Gasteiger partial charge in [-0.2, -0.15) is 0 Å². The van der Waals surface area contributed by atoms with Crippen LogP contribution in [0.15, 0.2) is 0 Å². The Hall–Kier alpha value is -0.160. The van der Waals surface area contributed by atoms with Crippen LogP contribution in [-0.2, 0) is 4.74 Å². The largest absolute Gasteiger partial charge is 0.388 e. The van der Waals surface area contributed by atoms with Crippen LogP contribution >= 0.6 is 0 Å². The third-order valence-corrected chi connectivity index (χ3v) is 2.95. The van der Waals surface area contributed by atoms with Gasteiger partial charge in [-0.25, -0.2) is 0 Å². The Labute approximate surface area is 105 Å². The fourth-order valence-corrected chi connectivity index (χ4v) is 2.38. The fourth-order valence-electron chi connectivity index (χ4n) is 2.38. The van der Waals surface area contributed by atoms with Gasteiger partial charge in [0.25, 0.3) is 0 Å². The number of ether oxygens (including phenoxy) is 1. The van der Waals surface area contributed by atoms with Gasteiger partial charge in [-0.3, -0.25) is 4.90 Å². The molecule has 1 heterocycles. The quantitative estimate of drug-likeness (QED) is 0.752. The fraction of sp³-hybridized carbons (Fsp3) is 1.00. The Bertz CT molecular complexity index is 221. The summed E-state index contributed by atoms with van der Waals surface area (Å²) in [7, 11) is 0. The van der Waals surface area contributed by atoms with Crippen molar-refractivity contribution in [3.63, 3.8) is 0 Å². The molecule has 0 aromatic rings. The van der Waals surface area contributed by atoms with Crippen LogP contribution in [0.2, 0.25) is 0 Å². The highest BCUT2D eigenvalue weighted by molar-refractivity contribution is 4.84. The molecule has 0 aromatic heterocycles. The van der Waals surface area contributed by atoms with E-state index in [2.05, 4.69) is 37.9 Å². The van der Waals surface area contributed by atoms with Crippen LogP contribution in [0.5, 0.6) is 0 Å². The van der Waals surface area contributed by atoms with E-state index in [1.165, 1.54) is 0 Å². The van der Waals surface area contributed by atoms with E-state index in [0.29, 0.717) is 19.1 Å². The van der Waals surface area contributed by atoms with Crippen molar-refractivity contribution in [1.29, 1.82) is 0 Å². The number of nitrogens with zero attached hydrogens (tertiary/aromatic N) is 1. The lowest BCUT2D eigenvalue weighted by molar-refractivity contribution is -0.0885. The van der Waals surface area contributed by atoms with Crippen molar-refractivity contribution in [2.75, 3.05) is 26.2 Å². The lowest BCUT2D eigenvalue weighted by Gasteiger charge is -2.39. The van der Waals surface area contributed by atoms with Crippen molar-refractivity contribution in [1.82, 2.24) is 10.2 Å². The van der Waals surface area contributed by atoms with Gasteiger partial charge in [0.2, 0.25) is 0 Å². The highest BCUT2D eigenvalue weighted by atomic mass is 16.5. The average Bonchev–Trinajstić information content (AvgIpc) is 2.12. The molecule has 1 rings (SSSR count). The second-order valence-corrected chi connectivity index (χ2v) is 5.98. The smallest absolute Gasteiger partial charge is 0.0869 e. The molecule has 17 heavy (non-hydrogen) atoms. The maximum Gasteiger partial charge on any atom is 0.0869 e. The maximum absolute atomic E-state index is 10.3. The first-order valence-corrected chi connectivity index (χ1v) is 6.62. The summed E-state index contributed by atoms with van der Waals surface area (Å²) in [5.74, 6) is 0. The van der Waals surface area contributed by atoms with E-state index < -0.39 is 5.60 Å². The summed E-state index contributed by atoms with van der Waals surface area (Å²) in [6, 6.07) is 0.406. The number of morpholine rings is 1. The molecule has 2 N–H and O–H groups in total. The van der Waals surface area contributed by atoms with Gasteiger partial charge in [-0.05, 0) is 20.8 Å². The minimum atomic E-state index is -0.680. The molecule has 0 radical (unpaired) electrons. The second kappa shape index (κ2) is 6.14. The molecular formula is C13H28N2O2. The van der Waals surface area contributed by atoms with E-state index in [1.54, 1.807) is 0 Å². The van der Waals surface area contributed by atoms with Crippen molar-refractivity contribution >= 4 is 0 Å². The van der Waals surface area contributed by atoms with Crippen molar-refractivity contribution in [2.45, 2.75) is 58.5 Å². The summed E-state index contributed by atoms with van der Waals surface area (Å²) in [5.41, 5.74) is -0.680. The number of aliphatic hydroxyl groups is 1. The van der Waals surface area contributed by atoms with Crippen LogP contribution in [0.25, 0.3) is 0 Å². The first-order chi connectivity index (χ1) is 7.78. The SMILES string of the molecule is CC(C)NCC(C)(O)CN1C[C@@H](C)O[C@@H](C)C1. The summed E-state index contributed by atoms with van der Waals surface area (Å²) in [6.45, 7) is 13.4. The molecule has 4 heteroatoms. The van der Waals surface area contributed by atoms with Crippen molar-refractivity contribution < 1.29 is 9.84 Å². The molecule has 1 aliphatic rings. The molecule has 0 amide bonds. The minimum absolute atomic E-state index is 0.257. The van der Waals surface area contributed by atoms with Gasteiger partial charge in [0.15, 0.2) is 0 Å². The predicted octanol–water partition coefficient (Wildman–Crippen LogP) is 0.845. The molecule has 4 nitrogen and oxygen atoms in total. The monoisotopic (exact) mass is 244 g/mol. The van der Waals surface area contributed by atoms with Crippen LogP contribution in [0.4, 0.5) is 0 Å². The summed E-state index contributed by atoms with van der Waals surface area (Å²) in [5, 5.41) is 13.6. The highest BCUT2D eigenvalue weighted by Gasteiger charge is 2.29. The van der Waals surface area contributed by atoms with Crippen LogP contribution in [0.1, 0.15) is 34.6 Å². The van der Waals surface area contributed by atoms with Gasteiger partial charge >= 0.3 is 0 Å². The lowest BCUT2D eigenvalue weighted by atomic mass is 10.0. The summed E-state index contributed by atoms with van der Waals surface area (Å²) in [6.07, 6.45) is 0.514. The van der Waals surface area contributed by atoms with E-state index >= 15 is 0 Å². The second-order valence-electron chi connectivity index (χ2n) is 5.98. The van der Waals surface area contributed by atoms with Gasteiger partial charge < -0.3 is 15.2 Å². The van der Waals surface area contributed by atoms with Crippen LogP contribution in [0.3, 0.4) is 0 Å². The zero-order chi connectivity index (χ0) is 13.1. The van der Waals surface area contributed by atoms with Crippen molar-refractivity contribution in [3.05, 3.63) is 0 Å². The predicted molar refractivity (Wildman–Crippen MR) is 70.2 cm³/mol. The number of hydrogen-bond acceptors (Lipinski definition) is 4. The van der Waals surface area contributed by atoms with Crippen molar-refractivity contribution in [3.8, 4) is 0 Å². The van der Waals surface area contributed by atoms with E-state index in [1.807, 2.05) is 6.92 Å². The van der Waals surface area contributed by atoms with Gasteiger partial charge in [0.1, 0.15) is 0 Å². The summed E-state index contributed by atoms with van der Waals surface area (Å²) >= 11 is 0. The normalized spacial score (nSPS) is 30.5. The first kappa shape index (κ1) is 14.9.